The van der Waals surface area contributed by atoms with Gasteiger partial charge in [0, 0.05) is 10.6 Å². The fourth-order valence-electron chi connectivity index (χ4n) is 1.98. The van der Waals surface area contributed by atoms with Gasteiger partial charge in [-0.15, -0.1) is 0 Å². The monoisotopic (exact) mass is 226 g/mol. The lowest BCUT2D eigenvalue weighted by Gasteiger charge is -2.37. The van der Waals surface area contributed by atoms with Gasteiger partial charge in [0.25, 0.3) is 0 Å². The van der Waals surface area contributed by atoms with Crippen molar-refractivity contribution in [3.8, 4) is 0 Å². The Morgan fingerprint density at radius 2 is 1.93 bits per heavy atom. The second kappa shape index (κ2) is 4.52. The summed E-state index contributed by atoms with van der Waals surface area (Å²) >= 11 is 6.16. The van der Waals surface area contributed by atoms with Crippen LogP contribution in [0.1, 0.15) is 5.56 Å². The highest BCUT2D eigenvalue weighted by atomic mass is 35.5. The quantitative estimate of drug-likeness (QED) is 0.704. The summed E-state index contributed by atoms with van der Waals surface area (Å²) in [4.78, 5) is 0. The van der Waals surface area contributed by atoms with Gasteiger partial charge in [0.2, 0.25) is 0 Å². The van der Waals surface area contributed by atoms with Crippen LogP contribution in [0.4, 0.5) is 0 Å². The zero-order valence-electron chi connectivity index (χ0n) is 9.08. The van der Waals surface area contributed by atoms with E-state index < -0.39 is 0 Å². The molecule has 0 saturated carbocycles. The van der Waals surface area contributed by atoms with Crippen LogP contribution in [0.5, 0.6) is 0 Å². The summed E-state index contributed by atoms with van der Waals surface area (Å²) < 4.78 is 6.42. The molecule has 1 aliphatic rings. The molecule has 0 aliphatic carbocycles. The first kappa shape index (κ1) is 10.9. The third-order valence-corrected chi connectivity index (χ3v) is 3.43. The van der Waals surface area contributed by atoms with Crippen LogP contribution in [0.2, 0.25) is 5.02 Å². The largest absolute Gasteiger partial charge is 0.370 e. The molecule has 0 bridgehead atoms. The molecule has 1 aliphatic heterocycles. The Labute approximate surface area is 96.0 Å². The van der Waals surface area contributed by atoms with Crippen LogP contribution < -0.4 is 0 Å². The van der Waals surface area contributed by atoms with Crippen molar-refractivity contribution in [1.82, 2.24) is 0 Å². The number of nitrogens with zero attached hydrogens (tertiary/aromatic N) is 1. The average molecular weight is 227 g/mol. The van der Waals surface area contributed by atoms with E-state index in [2.05, 4.69) is 13.1 Å². The predicted octanol–water partition coefficient (Wildman–Crippen LogP) is 2.32. The van der Waals surface area contributed by atoms with E-state index in [1.807, 2.05) is 18.2 Å². The third-order valence-electron chi connectivity index (χ3n) is 3.06. The molecule has 3 heteroatoms. The molecular formula is C12H17ClNO+. The van der Waals surface area contributed by atoms with Crippen LogP contribution >= 0.6 is 11.6 Å². The first-order valence-corrected chi connectivity index (χ1v) is 5.72. The molecular weight excluding hydrogens is 210 g/mol. The number of halogens is 1. The van der Waals surface area contributed by atoms with Crippen molar-refractivity contribution in [2.45, 2.75) is 6.54 Å². The third kappa shape index (κ3) is 2.71. The molecule has 0 aromatic heterocycles. The topological polar surface area (TPSA) is 9.23 Å². The SMILES string of the molecule is C[N+]1(Cc2ccccc2Cl)CCOCC1. The number of ether oxygens (including phenoxy) is 1. The molecule has 15 heavy (non-hydrogen) atoms. The van der Waals surface area contributed by atoms with Crippen molar-refractivity contribution < 1.29 is 9.22 Å². The Balaban J connectivity index is 2.10. The second-order valence-corrected chi connectivity index (χ2v) is 4.84. The van der Waals surface area contributed by atoms with E-state index in [9.17, 15) is 0 Å². The summed E-state index contributed by atoms with van der Waals surface area (Å²) in [5, 5.41) is 0.878. The molecule has 0 unspecified atom stereocenters. The zero-order valence-corrected chi connectivity index (χ0v) is 9.83. The van der Waals surface area contributed by atoms with Gasteiger partial charge in [-0.25, -0.2) is 0 Å². The highest BCUT2D eigenvalue weighted by Gasteiger charge is 2.26. The molecule has 82 valence electrons. The van der Waals surface area contributed by atoms with Crippen LogP contribution in [-0.2, 0) is 11.3 Å². The number of likely N-dealkylation sites (N-methyl/N-ethyl adjacent to an activating group) is 1. The molecule has 0 spiro atoms. The van der Waals surface area contributed by atoms with Crippen molar-refractivity contribution in [3.63, 3.8) is 0 Å². The van der Waals surface area contributed by atoms with Gasteiger partial charge in [-0.3, -0.25) is 0 Å². The highest BCUT2D eigenvalue weighted by molar-refractivity contribution is 6.31. The average Bonchev–Trinajstić information content (AvgIpc) is 2.22. The van der Waals surface area contributed by atoms with E-state index in [-0.39, 0.29) is 0 Å². The molecule has 1 aromatic carbocycles. The van der Waals surface area contributed by atoms with E-state index >= 15 is 0 Å². The van der Waals surface area contributed by atoms with E-state index in [0.29, 0.717) is 0 Å². The van der Waals surface area contributed by atoms with Crippen LogP contribution in [-0.4, -0.2) is 37.8 Å². The second-order valence-electron chi connectivity index (χ2n) is 4.43. The summed E-state index contributed by atoms with van der Waals surface area (Å²) in [6, 6.07) is 8.10. The molecule has 2 rings (SSSR count). The number of rotatable bonds is 2. The lowest BCUT2D eigenvalue weighted by atomic mass is 10.2. The lowest BCUT2D eigenvalue weighted by Crippen LogP contribution is -2.51. The summed E-state index contributed by atoms with van der Waals surface area (Å²) in [5.74, 6) is 0. The van der Waals surface area contributed by atoms with Gasteiger partial charge < -0.3 is 9.22 Å². The van der Waals surface area contributed by atoms with Gasteiger partial charge in [0.15, 0.2) is 0 Å². The van der Waals surface area contributed by atoms with Crippen LogP contribution in [0.25, 0.3) is 0 Å². The van der Waals surface area contributed by atoms with Crippen LogP contribution in [0.3, 0.4) is 0 Å². The van der Waals surface area contributed by atoms with E-state index in [4.69, 9.17) is 16.3 Å². The summed E-state index contributed by atoms with van der Waals surface area (Å²) in [6.07, 6.45) is 0. The molecule has 1 fully saturated rings. The predicted molar refractivity (Wildman–Crippen MR) is 61.9 cm³/mol. The molecule has 2 nitrogen and oxygen atoms in total. The fourth-order valence-corrected chi connectivity index (χ4v) is 2.18. The van der Waals surface area contributed by atoms with Crippen molar-refractivity contribution in [1.29, 1.82) is 0 Å². The molecule has 0 radical (unpaired) electrons. The fraction of sp³-hybridized carbons (Fsp3) is 0.500. The Morgan fingerprint density at radius 1 is 1.27 bits per heavy atom. The maximum absolute atomic E-state index is 6.16. The zero-order chi connectivity index (χ0) is 10.7. The molecule has 1 heterocycles. The standard InChI is InChI=1S/C12H17ClNO/c1-14(6-8-15-9-7-14)10-11-4-2-3-5-12(11)13/h2-5H,6-10H2,1H3/q+1. The van der Waals surface area contributed by atoms with Crippen molar-refractivity contribution in [2.75, 3.05) is 33.4 Å². The highest BCUT2D eigenvalue weighted by Crippen LogP contribution is 2.21. The van der Waals surface area contributed by atoms with Crippen LogP contribution in [0.15, 0.2) is 24.3 Å². The first-order valence-electron chi connectivity index (χ1n) is 5.34. The number of hydrogen-bond donors (Lipinski definition) is 0. The van der Waals surface area contributed by atoms with E-state index in [0.717, 1.165) is 42.4 Å². The number of benzene rings is 1. The van der Waals surface area contributed by atoms with Gasteiger partial charge in [-0.2, -0.15) is 0 Å². The van der Waals surface area contributed by atoms with Gasteiger partial charge in [-0.1, -0.05) is 29.8 Å². The van der Waals surface area contributed by atoms with Gasteiger partial charge in [0.1, 0.15) is 19.6 Å². The maximum Gasteiger partial charge on any atom is 0.106 e. The van der Waals surface area contributed by atoms with Crippen molar-refractivity contribution in [2.24, 2.45) is 0 Å². The van der Waals surface area contributed by atoms with Gasteiger partial charge in [-0.05, 0) is 6.07 Å². The number of quaternary nitrogens is 1. The Kier molecular flexibility index (Phi) is 3.29. The summed E-state index contributed by atoms with van der Waals surface area (Å²) in [5.41, 5.74) is 1.24. The molecule has 0 atom stereocenters. The van der Waals surface area contributed by atoms with Gasteiger partial charge >= 0.3 is 0 Å². The van der Waals surface area contributed by atoms with Gasteiger partial charge in [0.05, 0.1) is 20.3 Å². The Morgan fingerprint density at radius 3 is 2.60 bits per heavy atom. The van der Waals surface area contributed by atoms with E-state index in [1.165, 1.54) is 5.56 Å². The minimum atomic E-state index is 0.862. The van der Waals surface area contributed by atoms with E-state index in [1.54, 1.807) is 0 Å². The molecule has 1 aromatic rings. The normalized spacial score (nSPS) is 20.1. The first-order chi connectivity index (χ1) is 7.20. The molecule has 0 amide bonds. The minimum absolute atomic E-state index is 0.862. The number of morpholine rings is 1. The Hall–Kier alpha value is -0.570. The Bertz CT molecular complexity index is 334. The molecule has 1 saturated heterocycles. The summed E-state index contributed by atoms with van der Waals surface area (Å²) in [7, 11) is 2.27. The lowest BCUT2D eigenvalue weighted by molar-refractivity contribution is -0.929. The minimum Gasteiger partial charge on any atom is -0.370 e. The summed E-state index contributed by atoms with van der Waals surface area (Å²) in [6.45, 7) is 4.88. The maximum atomic E-state index is 6.16. The van der Waals surface area contributed by atoms with Crippen molar-refractivity contribution >= 4 is 11.6 Å². The molecule has 0 N–H and O–H groups in total. The smallest absolute Gasteiger partial charge is 0.106 e. The van der Waals surface area contributed by atoms with Crippen molar-refractivity contribution in [3.05, 3.63) is 34.9 Å². The number of hydrogen-bond acceptors (Lipinski definition) is 1. The van der Waals surface area contributed by atoms with Crippen LogP contribution in [0, 0.1) is 0 Å².